The van der Waals surface area contributed by atoms with Crippen molar-refractivity contribution in [1.29, 1.82) is 0 Å². The predicted octanol–water partition coefficient (Wildman–Crippen LogP) is 1.49. The monoisotopic (exact) mass is 261 g/mol. The summed E-state index contributed by atoms with van der Waals surface area (Å²) in [4.78, 5) is 17.0. The van der Waals surface area contributed by atoms with Gasteiger partial charge in [-0.05, 0) is 11.4 Å². The molecule has 0 bridgehead atoms. The minimum absolute atomic E-state index is 0.0496. The molecule has 6 nitrogen and oxygen atoms in total. The number of aromatic amines is 1. The van der Waals surface area contributed by atoms with Crippen LogP contribution in [0.25, 0.3) is 21.9 Å². The normalized spacial score (nSPS) is 10.9. The second kappa shape index (κ2) is 4.71. The zero-order valence-corrected chi connectivity index (χ0v) is 10.2. The molecule has 0 saturated carbocycles. The number of aliphatic hydroxyl groups is 1. The Morgan fingerprint density at radius 1 is 1.39 bits per heavy atom. The quantitative estimate of drug-likeness (QED) is 0.662. The van der Waals surface area contributed by atoms with E-state index in [1.165, 1.54) is 0 Å². The average Bonchev–Trinajstić information content (AvgIpc) is 3.05. The summed E-state index contributed by atoms with van der Waals surface area (Å²) in [6, 6.07) is 3.92. The molecule has 7 heteroatoms. The third-order valence-corrected chi connectivity index (χ3v) is 3.30. The Bertz CT molecular complexity index is 649. The number of nitrogens with one attached hydrogen (secondary N) is 2. The summed E-state index contributed by atoms with van der Waals surface area (Å²) < 4.78 is 0. The highest BCUT2D eigenvalue weighted by atomic mass is 32.1. The highest BCUT2D eigenvalue weighted by Gasteiger charge is 2.11. The van der Waals surface area contributed by atoms with E-state index >= 15 is 0 Å². The number of aliphatic hydroxyl groups excluding tert-OH is 1. The Kier molecular flexibility index (Phi) is 2.91. The van der Waals surface area contributed by atoms with Gasteiger partial charge in [0, 0.05) is 6.54 Å². The van der Waals surface area contributed by atoms with Crippen LogP contribution in [-0.4, -0.2) is 38.2 Å². The lowest BCUT2D eigenvalue weighted by molar-refractivity contribution is 0.311. The Balaban J connectivity index is 2.11. The maximum Gasteiger partial charge on any atom is 0.183 e. The number of rotatable bonds is 4. The molecule has 0 atom stereocenters. The largest absolute Gasteiger partial charge is 0.395 e. The first kappa shape index (κ1) is 11.1. The Morgan fingerprint density at radius 2 is 2.33 bits per heavy atom. The fraction of sp³-hybridized carbons (Fsp3) is 0.182. The van der Waals surface area contributed by atoms with Crippen molar-refractivity contribution in [3.05, 3.63) is 23.8 Å². The van der Waals surface area contributed by atoms with Crippen LogP contribution in [0.15, 0.2) is 23.8 Å². The van der Waals surface area contributed by atoms with Crippen molar-refractivity contribution < 1.29 is 5.11 Å². The van der Waals surface area contributed by atoms with Crippen LogP contribution >= 0.6 is 11.3 Å². The van der Waals surface area contributed by atoms with E-state index in [0.29, 0.717) is 23.8 Å². The Morgan fingerprint density at radius 3 is 3.11 bits per heavy atom. The number of imidazole rings is 1. The van der Waals surface area contributed by atoms with E-state index in [1.807, 2.05) is 17.5 Å². The number of anilines is 1. The molecule has 0 aliphatic heterocycles. The maximum absolute atomic E-state index is 8.87. The first-order valence-corrected chi connectivity index (χ1v) is 6.36. The highest BCUT2D eigenvalue weighted by Crippen LogP contribution is 2.25. The topological polar surface area (TPSA) is 86.7 Å². The molecule has 0 spiro atoms. The van der Waals surface area contributed by atoms with Gasteiger partial charge in [0.25, 0.3) is 0 Å². The van der Waals surface area contributed by atoms with Gasteiger partial charge < -0.3 is 15.4 Å². The molecule has 3 heterocycles. The van der Waals surface area contributed by atoms with Crippen molar-refractivity contribution in [2.45, 2.75) is 0 Å². The van der Waals surface area contributed by atoms with Gasteiger partial charge in [0.15, 0.2) is 17.3 Å². The third kappa shape index (κ3) is 1.93. The van der Waals surface area contributed by atoms with E-state index in [0.717, 1.165) is 10.4 Å². The first-order chi connectivity index (χ1) is 8.88. The van der Waals surface area contributed by atoms with Gasteiger partial charge in [0.1, 0.15) is 5.52 Å². The molecule has 0 unspecified atom stereocenters. The Labute approximate surface area is 107 Å². The maximum atomic E-state index is 8.87. The van der Waals surface area contributed by atoms with Crippen LogP contribution in [0.5, 0.6) is 0 Å². The first-order valence-electron chi connectivity index (χ1n) is 5.48. The standard InChI is InChI=1S/C11H11N5OS/c17-4-3-12-10-8-11(14-6-13-8)16-9(15-10)7-2-1-5-18-7/h1-2,5-6,17H,3-4H2,(H2,12,13,14,15,16). The number of H-pyrrole nitrogens is 1. The summed E-state index contributed by atoms with van der Waals surface area (Å²) in [7, 11) is 0. The molecule has 3 rings (SSSR count). The van der Waals surface area contributed by atoms with Gasteiger partial charge in [-0.15, -0.1) is 11.3 Å². The SMILES string of the molecule is OCCNc1nc(-c2cccs2)nc2nc[nH]c12. The minimum atomic E-state index is 0.0496. The van der Waals surface area contributed by atoms with Crippen LogP contribution in [0.3, 0.4) is 0 Å². The van der Waals surface area contributed by atoms with Crippen molar-refractivity contribution in [2.24, 2.45) is 0 Å². The van der Waals surface area contributed by atoms with Crippen LogP contribution in [0, 0.1) is 0 Å². The van der Waals surface area contributed by atoms with Gasteiger partial charge >= 0.3 is 0 Å². The van der Waals surface area contributed by atoms with Gasteiger partial charge in [0.2, 0.25) is 0 Å². The van der Waals surface area contributed by atoms with Gasteiger partial charge in [-0.2, -0.15) is 0 Å². The van der Waals surface area contributed by atoms with Gasteiger partial charge in [0.05, 0.1) is 17.8 Å². The smallest absolute Gasteiger partial charge is 0.183 e. The molecule has 92 valence electrons. The average molecular weight is 261 g/mol. The van der Waals surface area contributed by atoms with Gasteiger partial charge in [-0.3, -0.25) is 0 Å². The van der Waals surface area contributed by atoms with E-state index in [1.54, 1.807) is 17.7 Å². The molecule has 18 heavy (non-hydrogen) atoms. The number of fused-ring (bicyclic) bond motifs is 1. The Hall–Kier alpha value is -1.99. The van der Waals surface area contributed by atoms with Crippen LogP contribution in [-0.2, 0) is 0 Å². The predicted molar refractivity (Wildman–Crippen MR) is 70.6 cm³/mol. The number of hydrogen-bond acceptors (Lipinski definition) is 6. The van der Waals surface area contributed by atoms with Crippen molar-refractivity contribution in [3.63, 3.8) is 0 Å². The van der Waals surface area contributed by atoms with Crippen molar-refractivity contribution in [2.75, 3.05) is 18.5 Å². The molecule has 0 amide bonds. The summed E-state index contributed by atoms with van der Waals surface area (Å²) >= 11 is 1.58. The van der Waals surface area contributed by atoms with Crippen LogP contribution in [0.1, 0.15) is 0 Å². The molecule has 0 aliphatic rings. The number of nitrogens with zero attached hydrogens (tertiary/aromatic N) is 3. The van der Waals surface area contributed by atoms with Crippen molar-refractivity contribution >= 4 is 28.3 Å². The zero-order valence-electron chi connectivity index (χ0n) is 9.42. The van der Waals surface area contributed by atoms with E-state index in [2.05, 4.69) is 25.3 Å². The highest BCUT2D eigenvalue weighted by molar-refractivity contribution is 7.13. The summed E-state index contributed by atoms with van der Waals surface area (Å²) in [5.74, 6) is 1.31. The van der Waals surface area contributed by atoms with Gasteiger partial charge in [-0.1, -0.05) is 6.07 Å². The van der Waals surface area contributed by atoms with Crippen LogP contribution in [0.4, 0.5) is 5.82 Å². The van der Waals surface area contributed by atoms with E-state index in [9.17, 15) is 0 Å². The molecule has 0 aliphatic carbocycles. The second-order valence-corrected chi connectivity index (χ2v) is 4.57. The van der Waals surface area contributed by atoms with Crippen LogP contribution < -0.4 is 5.32 Å². The zero-order chi connectivity index (χ0) is 12.4. The number of aromatic nitrogens is 4. The molecule has 0 fully saturated rings. The number of hydrogen-bond donors (Lipinski definition) is 3. The summed E-state index contributed by atoms with van der Waals surface area (Å²) in [5.41, 5.74) is 1.37. The third-order valence-electron chi connectivity index (χ3n) is 2.43. The van der Waals surface area contributed by atoms with E-state index in [4.69, 9.17) is 5.11 Å². The lowest BCUT2D eigenvalue weighted by atomic mass is 10.4. The van der Waals surface area contributed by atoms with E-state index in [-0.39, 0.29) is 6.61 Å². The van der Waals surface area contributed by atoms with Crippen LogP contribution in [0.2, 0.25) is 0 Å². The molecule has 3 N–H and O–H groups in total. The second-order valence-electron chi connectivity index (χ2n) is 3.62. The summed E-state index contributed by atoms with van der Waals surface area (Å²) in [5, 5.41) is 13.9. The van der Waals surface area contributed by atoms with Gasteiger partial charge in [-0.25, -0.2) is 15.0 Å². The molecule has 0 saturated heterocycles. The van der Waals surface area contributed by atoms with Crippen molar-refractivity contribution in [3.8, 4) is 10.7 Å². The molecule has 3 aromatic heterocycles. The lowest BCUT2D eigenvalue weighted by Crippen LogP contribution is -2.08. The van der Waals surface area contributed by atoms with Crippen molar-refractivity contribution in [1.82, 2.24) is 19.9 Å². The molecular weight excluding hydrogens is 250 g/mol. The number of thiophene rings is 1. The molecular formula is C11H11N5OS. The minimum Gasteiger partial charge on any atom is -0.395 e. The summed E-state index contributed by atoms with van der Waals surface area (Å²) in [6.45, 7) is 0.489. The summed E-state index contributed by atoms with van der Waals surface area (Å²) in [6.07, 6.45) is 1.58. The lowest BCUT2D eigenvalue weighted by Gasteiger charge is -2.05. The fourth-order valence-electron chi connectivity index (χ4n) is 1.65. The molecule has 3 aromatic rings. The molecule has 0 radical (unpaired) electrons. The fourth-order valence-corrected chi connectivity index (χ4v) is 2.31. The van der Waals surface area contributed by atoms with E-state index < -0.39 is 0 Å². The molecule has 0 aromatic carbocycles.